The van der Waals surface area contributed by atoms with Crippen LogP contribution in [0, 0.1) is 5.92 Å². The minimum atomic E-state index is -0.911. The van der Waals surface area contributed by atoms with E-state index in [1.165, 1.54) is 6.42 Å². The molecular formula is C17H21ClN2O2. The molecule has 0 spiro atoms. The van der Waals surface area contributed by atoms with Crippen molar-refractivity contribution in [2.75, 3.05) is 13.1 Å². The Bertz CT molecular complexity index is 616. The molecule has 0 unspecified atom stereocenters. The largest absolute Gasteiger partial charge is 0.379 e. The van der Waals surface area contributed by atoms with Crippen molar-refractivity contribution >= 4 is 23.2 Å². The summed E-state index contributed by atoms with van der Waals surface area (Å²) in [4.78, 5) is 20.3. The summed E-state index contributed by atoms with van der Waals surface area (Å²) < 4.78 is 0. The van der Waals surface area contributed by atoms with E-state index in [2.05, 4.69) is 12.1 Å². The van der Waals surface area contributed by atoms with Gasteiger partial charge in [-0.3, -0.25) is 4.79 Å². The van der Waals surface area contributed by atoms with Gasteiger partial charge in [-0.1, -0.05) is 41.9 Å². The lowest BCUT2D eigenvalue weighted by Crippen LogP contribution is -2.50. The minimum absolute atomic E-state index is 0.0323. The van der Waals surface area contributed by atoms with Gasteiger partial charge in [-0.05, 0) is 31.7 Å². The zero-order valence-corrected chi connectivity index (χ0v) is 13.8. The van der Waals surface area contributed by atoms with E-state index in [9.17, 15) is 4.79 Å². The van der Waals surface area contributed by atoms with Crippen molar-refractivity contribution in [2.45, 2.75) is 38.7 Å². The monoisotopic (exact) mass is 320 g/mol. The molecule has 0 N–H and O–H groups in total. The first-order chi connectivity index (χ1) is 10.5. The van der Waals surface area contributed by atoms with Crippen LogP contribution in [0.4, 0.5) is 0 Å². The van der Waals surface area contributed by atoms with Gasteiger partial charge in [0.25, 0.3) is 5.91 Å². The Labute approximate surface area is 136 Å². The standard InChI is InChI=1S/C17H21ClN2O2/c1-12-6-5-9-20(11-12)16(21)17(2)10-15(19-22-17)13-7-3-4-8-14(13)18/h3-4,7-8,12H,5-6,9-11H2,1-2H3/t12-,17-/m1/s1. The fourth-order valence-electron chi connectivity index (χ4n) is 3.20. The average molecular weight is 321 g/mol. The van der Waals surface area contributed by atoms with E-state index in [0.29, 0.717) is 17.4 Å². The highest BCUT2D eigenvalue weighted by molar-refractivity contribution is 6.34. The summed E-state index contributed by atoms with van der Waals surface area (Å²) in [5, 5.41) is 4.77. The van der Waals surface area contributed by atoms with Crippen molar-refractivity contribution in [2.24, 2.45) is 11.1 Å². The molecule has 1 fully saturated rings. The third-order valence-corrected chi connectivity index (χ3v) is 4.77. The third-order valence-electron chi connectivity index (χ3n) is 4.44. The number of halogens is 1. The van der Waals surface area contributed by atoms with E-state index in [4.69, 9.17) is 16.4 Å². The van der Waals surface area contributed by atoms with E-state index in [1.807, 2.05) is 36.1 Å². The van der Waals surface area contributed by atoms with Crippen LogP contribution < -0.4 is 0 Å². The van der Waals surface area contributed by atoms with Crippen LogP contribution in [-0.2, 0) is 9.63 Å². The predicted octanol–water partition coefficient (Wildman–Crippen LogP) is 3.48. The molecule has 4 nitrogen and oxygen atoms in total. The van der Waals surface area contributed by atoms with Crippen LogP contribution in [0.5, 0.6) is 0 Å². The van der Waals surface area contributed by atoms with Gasteiger partial charge in [0, 0.05) is 30.1 Å². The first-order valence-electron chi connectivity index (χ1n) is 7.79. The number of amides is 1. The van der Waals surface area contributed by atoms with Crippen molar-refractivity contribution in [1.29, 1.82) is 0 Å². The SMILES string of the molecule is C[C@@H]1CCCN(C(=O)[C@@]2(C)CC(c3ccccc3Cl)=NO2)C1. The molecule has 0 radical (unpaired) electrons. The van der Waals surface area contributed by atoms with Crippen LogP contribution in [0.2, 0.25) is 5.02 Å². The maximum atomic E-state index is 12.8. The van der Waals surface area contributed by atoms with Crippen LogP contribution in [0.25, 0.3) is 0 Å². The second-order valence-electron chi connectivity index (χ2n) is 6.52. The molecule has 2 aliphatic heterocycles. The van der Waals surface area contributed by atoms with Crippen LogP contribution in [0.3, 0.4) is 0 Å². The molecular weight excluding hydrogens is 300 g/mol. The lowest BCUT2D eigenvalue weighted by molar-refractivity contribution is -0.155. The van der Waals surface area contributed by atoms with E-state index in [0.717, 1.165) is 30.8 Å². The zero-order chi connectivity index (χ0) is 15.7. The van der Waals surface area contributed by atoms with Gasteiger partial charge in [0.2, 0.25) is 5.60 Å². The lowest BCUT2D eigenvalue weighted by Gasteiger charge is -2.35. The van der Waals surface area contributed by atoms with Gasteiger partial charge in [-0.15, -0.1) is 0 Å². The van der Waals surface area contributed by atoms with Crippen LogP contribution in [-0.4, -0.2) is 35.2 Å². The Morgan fingerprint density at radius 3 is 2.95 bits per heavy atom. The maximum Gasteiger partial charge on any atom is 0.269 e. The number of likely N-dealkylation sites (tertiary alicyclic amines) is 1. The summed E-state index contributed by atoms with van der Waals surface area (Å²) >= 11 is 6.21. The quantitative estimate of drug-likeness (QED) is 0.837. The molecule has 0 aliphatic carbocycles. The number of rotatable bonds is 2. The molecule has 3 rings (SSSR count). The summed E-state index contributed by atoms with van der Waals surface area (Å²) in [6.45, 7) is 5.62. The molecule has 0 saturated carbocycles. The van der Waals surface area contributed by atoms with Gasteiger partial charge in [0.05, 0.1) is 5.71 Å². The number of nitrogens with zero attached hydrogens (tertiary/aromatic N) is 2. The summed E-state index contributed by atoms with van der Waals surface area (Å²) in [7, 11) is 0. The van der Waals surface area contributed by atoms with Gasteiger partial charge in [0.1, 0.15) is 0 Å². The molecule has 118 valence electrons. The third kappa shape index (κ3) is 2.84. The molecule has 2 aliphatic rings. The van der Waals surface area contributed by atoms with E-state index in [1.54, 1.807) is 0 Å². The summed E-state index contributed by atoms with van der Waals surface area (Å²) in [5.41, 5.74) is 0.671. The first-order valence-corrected chi connectivity index (χ1v) is 8.17. The fourth-order valence-corrected chi connectivity index (χ4v) is 3.45. The molecule has 2 atom stereocenters. The lowest BCUT2D eigenvalue weighted by atomic mass is 9.92. The van der Waals surface area contributed by atoms with Crippen molar-refractivity contribution < 1.29 is 9.63 Å². The molecule has 1 aromatic carbocycles. The molecule has 22 heavy (non-hydrogen) atoms. The molecule has 1 amide bonds. The van der Waals surface area contributed by atoms with Crippen molar-refractivity contribution in [3.8, 4) is 0 Å². The number of piperidine rings is 1. The number of oxime groups is 1. The normalized spacial score (nSPS) is 28.2. The zero-order valence-electron chi connectivity index (χ0n) is 13.0. The summed E-state index contributed by atoms with van der Waals surface area (Å²) in [5.74, 6) is 0.580. The highest BCUT2D eigenvalue weighted by atomic mass is 35.5. The second kappa shape index (κ2) is 5.92. The summed E-state index contributed by atoms with van der Waals surface area (Å²) in [6, 6.07) is 7.52. The highest BCUT2D eigenvalue weighted by Crippen LogP contribution is 2.32. The highest BCUT2D eigenvalue weighted by Gasteiger charge is 2.45. The summed E-state index contributed by atoms with van der Waals surface area (Å²) in [6.07, 6.45) is 2.70. The predicted molar refractivity (Wildman–Crippen MR) is 87.1 cm³/mol. The number of benzene rings is 1. The van der Waals surface area contributed by atoms with Gasteiger partial charge >= 0.3 is 0 Å². The minimum Gasteiger partial charge on any atom is -0.379 e. The molecule has 0 aromatic heterocycles. The van der Waals surface area contributed by atoms with Gasteiger partial charge in [-0.25, -0.2) is 0 Å². The molecule has 1 aromatic rings. The van der Waals surface area contributed by atoms with Crippen molar-refractivity contribution in [3.63, 3.8) is 0 Å². The van der Waals surface area contributed by atoms with E-state index < -0.39 is 5.60 Å². The fraction of sp³-hybridized carbons (Fsp3) is 0.529. The number of carbonyl (C=O) groups is 1. The van der Waals surface area contributed by atoms with Gasteiger partial charge in [0.15, 0.2) is 0 Å². The molecule has 5 heteroatoms. The smallest absolute Gasteiger partial charge is 0.269 e. The number of hydrogen-bond donors (Lipinski definition) is 0. The van der Waals surface area contributed by atoms with Crippen LogP contribution in [0.1, 0.15) is 38.7 Å². The van der Waals surface area contributed by atoms with Gasteiger partial charge in [-0.2, -0.15) is 0 Å². The van der Waals surface area contributed by atoms with Gasteiger partial charge < -0.3 is 9.74 Å². The van der Waals surface area contributed by atoms with E-state index >= 15 is 0 Å². The Hall–Kier alpha value is -1.55. The Morgan fingerprint density at radius 2 is 2.23 bits per heavy atom. The van der Waals surface area contributed by atoms with Crippen molar-refractivity contribution in [3.05, 3.63) is 34.9 Å². The Balaban J connectivity index is 1.74. The number of carbonyl (C=O) groups excluding carboxylic acids is 1. The first kappa shape index (κ1) is 15.3. The molecule has 1 saturated heterocycles. The maximum absolute atomic E-state index is 12.8. The van der Waals surface area contributed by atoms with E-state index in [-0.39, 0.29) is 5.91 Å². The van der Waals surface area contributed by atoms with Crippen molar-refractivity contribution in [1.82, 2.24) is 4.90 Å². The molecule has 2 heterocycles. The number of hydrogen-bond acceptors (Lipinski definition) is 3. The Kier molecular flexibility index (Phi) is 4.13. The average Bonchev–Trinajstić information content (AvgIpc) is 2.90. The topological polar surface area (TPSA) is 41.9 Å². The Morgan fingerprint density at radius 1 is 1.45 bits per heavy atom. The second-order valence-corrected chi connectivity index (χ2v) is 6.92. The van der Waals surface area contributed by atoms with Crippen LogP contribution in [0.15, 0.2) is 29.4 Å². The molecule has 0 bridgehead atoms. The van der Waals surface area contributed by atoms with Crippen LogP contribution >= 0.6 is 11.6 Å².